The summed E-state index contributed by atoms with van der Waals surface area (Å²) in [4.78, 5) is 29.0. The number of carbonyl (C=O) groups is 2. The molecule has 2 amide bonds. The maximum atomic E-state index is 13.2. The Labute approximate surface area is 172 Å². The molecule has 6 nitrogen and oxygen atoms in total. The zero-order valence-corrected chi connectivity index (χ0v) is 17.0. The van der Waals surface area contributed by atoms with Gasteiger partial charge in [-0.2, -0.15) is 11.3 Å². The Morgan fingerprint density at radius 3 is 2.61 bits per heavy atom. The number of anilines is 1. The first-order valence-electron chi connectivity index (χ1n) is 8.93. The maximum absolute atomic E-state index is 13.2. The van der Waals surface area contributed by atoms with E-state index in [1.807, 2.05) is 11.4 Å². The van der Waals surface area contributed by atoms with Crippen molar-refractivity contribution in [1.82, 2.24) is 15.1 Å². The fourth-order valence-corrected chi connectivity index (χ4v) is 3.97. The number of amides is 2. The number of rotatable bonds is 5. The minimum Gasteiger partial charge on any atom is -0.346 e. The molecule has 1 fully saturated rings. The molecule has 2 N–H and O–H groups in total. The second-order valence-corrected chi connectivity index (χ2v) is 7.89. The van der Waals surface area contributed by atoms with E-state index in [9.17, 15) is 14.0 Å². The van der Waals surface area contributed by atoms with Crippen LogP contribution in [0.25, 0.3) is 0 Å². The van der Waals surface area contributed by atoms with E-state index in [0.717, 1.165) is 37.8 Å². The van der Waals surface area contributed by atoms with Crippen LogP contribution in [0.3, 0.4) is 0 Å². The number of likely N-dealkylation sites (N-methyl/N-ethyl adjacent to an activating group) is 1. The Kier molecular flexibility index (Phi) is 7.01. The summed E-state index contributed by atoms with van der Waals surface area (Å²) in [5.74, 6) is -2.14. The van der Waals surface area contributed by atoms with Gasteiger partial charge < -0.3 is 15.5 Å². The lowest BCUT2D eigenvalue weighted by atomic mass is 10.1. The zero-order valence-electron chi connectivity index (χ0n) is 15.5. The van der Waals surface area contributed by atoms with Gasteiger partial charge in [0.1, 0.15) is 5.82 Å². The van der Waals surface area contributed by atoms with Crippen LogP contribution in [-0.4, -0.2) is 61.4 Å². The average molecular weight is 425 g/mol. The minimum absolute atomic E-state index is 0.0111. The predicted molar refractivity (Wildman–Crippen MR) is 109 cm³/mol. The summed E-state index contributed by atoms with van der Waals surface area (Å²) in [5.41, 5.74) is 1.39. The van der Waals surface area contributed by atoms with Crippen LogP contribution < -0.4 is 10.6 Å². The molecular weight excluding hydrogens is 403 g/mol. The molecule has 150 valence electrons. The van der Waals surface area contributed by atoms with E-state index >= 15 is 0 Å². The number of nitrogens with one attached hydrogen (secondary N) is 2. The van der Waals surface area contributed by atoms with Crippen molar-refractivity contribution in [2.75, 3.05) is 45.1 Å². The lowest BCUT2D eigenvalue weighted by Gasteiger charge is -2.37. The maximum Gasteiger partial charge on any atom is 0.313 e. The molecule has 0 bridgehead atoms. The molecule has 9 heteroatoms. The largest absolute Gasteiger partial charge is 0.346 e. The fourth-order valence-electron chi connectivity index (χ4n) is 3.09. The van der Waals surface area contributed by atoms with Gasteiger partial charge in [0, 0.05) is 38.4 Å². The molecule has 1 aliphatic rings. The van der Waals surface area contributed by atoms with Crippen molar-refractivity contribution in [3.8, 4) is 0 Å². The minimum atomic E-state index is -0.815. The van der Waals surface area contributed by atoms with Crippen LogP contribution in [0.4, 0.5) is 10.1 Å². The molecule has 1 saturated heterocycles. The standard InChI is InChI=1S/C19H22ClFN4O2S/c1-24-5-7-25(8-6-24)17(13-4-9-28-12-13)11-22-18(26)19(27)23-14-2-3-16(21)15(20)10-14/h2-4,9-10,12,17H,5-8,11H2,1H3,(H,22,26)(H,23,27)/t17-/m1/s1. The van der Waals surface area contributed by atoms with E-state index in [1.165, 1.54) is 12.1 Å². The summed E-state index contributed by atoms with van der Waals surface area (Å²) in [7, 11) is 2.09. The number of nitrogens with zero attached hydrogens (tertiary/aromatic N) is 2. The molecule has 0 saturated carbocycles. The number of halogens is 2. The first-order valence-corrected chi connectivity index (χ1v) is 10.2. The lowest BCUT2D eigenvalue weighted by molar-refractivity contribution is -0.136. The van der Waals surface area contributed by atoms with E-state index in [-0.39, 0.29) is 16.8 Å². The predicted octanol–water partition coefficient (Wildman–Crippen LogP) is 2.58. The Morgan fingerprint density at radius 1 is 1.21 bits per heavy atom. The van der Waals surface area contributed by atoms with Gasteiger partial charge in [0.05, 0.1) is 11.1 Å². The van der Waals surface area contributed by atoms with Gasteiger partial charge in [0.2, 0.25) is 0 Å². The van der Waals surface area contributed by atoms with Crippen LogP contribution in [0.1, 0.15) is 11.6 Å². The normalized spacial score (nSPS) is 16.5. The second kappa shape index (κ2) is 9.47. The molecule has 1 aliphatic heterocycles. The van der Waals surface area contributed by atoms with Crippen LogP contribution in [0, 0.1) is 5.82 Å². The van der Waals surface area contributed by atoms with Crippen molar-refractivity contribution in [2.45, 2.75) is 6.04 Å². The van der Waals surface area contributed by atoms with Gasteiger partial charge in [0.25, 0.3) is 0 Å². The first-order chi connectivity index (χ1) is 13.4. The highest BCUT2D eigenvalue weighted by atomic mass is 35.5. The van der Waals surface area contributed by atoms with Crippen LogP contribution in [-0.2, 0) is 9.59 Å². The third-order valence-electron chi connectivity index (χ3n) is 4.75. The van der Waals surface area contributed by atoms with Crippen molar-refractivity contribution in [2.24, 2.45) is 0 Å². The SMILES string of the molecule is CN1CCN([C@H](CNC(=O)C(=O)Nc2ccc(F)c(Cl)c2)c2ccsc2)CC1. The second-order valence-electron chi connectivity index (χ2n) is 6.70. The van der Waals surface area contributed by atoms with Crippen molar-refractivity contribution in [3.05, 3.63) is 51.4 Å². The monoisotopic (exact) mass is 424 g/mol. The third kappa shape index (κ3) is 5.29. The zero-order chi connectivity index (χ0) is 20.1. The van der Waals surface area contributed by atoms with Gasteiger partial charge in [-0.25, -0.2) is 4.39 Å². The van der Waals surface area contributed by atoms with Crippen molar-refractivity contribution in [3.63, 3.8) is 0 Å². The van der Waals surface area contributed by atoms with E-state index < -0.39 is 17.6 Å². The molecule has 0 aliphatic carbocycles. The molecule has 0 spiro atoms. The van der Waals surface area contributed by atoms with E-state index in [2.05, 4.69) is 32.9 Å². The molecular formula is C19H22ClFN4O2S. The van der Waals surface area contributed by atoms with Crippen LogP contribution in [0.5, 0.6) is 0 Å². The van der Waals surface area contributed by atoms with E-state index in [0.29, 0.717) is 6.54 Å². The van der Waals surface area contributed by atoms with Gasteiger partial charge >= 0.3 is 11.8 Å². The fraction of sp³-hybridized carbons (Fsp3) is 0.368. The average Bonchev–Trinajstić information content (AvgIpc) is 3.20. The molecule has 2 aromatic rings. The summed E-state index contributed by atoms with van der Waals surface area (Å²) in [5, 5.41) is 9.10. The molecule has 28 heavy (non-hydrogen) atoms. The van der Waals surface area contributed by atoms with Gasteiger partial charge in [0.15, 0.2) is 0 Å². The topological polar surface area (TPSA) is 64.7 Å². The molecule has 1 atom stereocenters. The molecule has 0 unspecified atom stereocenters. The number of piperazine rings is 1. The van der Waals surface area contributed by atoms with E-state index in [4.69, 9.17) is 11.6 Å². The molecule has 2 heterocycles. The van der Waals surface area contributed by atoms with Crippen LogP contribution >= 0.6 is 22.9 Å². The highest BCUT2D eigenvalue weighted by molar-refractivity contribution is 7.08. The van der Waals surface area contributed by atoms with Gasteiger partial charge in [-0.05, 0) is 47.6 Å². The van der Waals surface area contributed by atoms with Crippen molar-refractivity contribution >= 4 is 40.4 Å². The number of hydrogen-bond acceptors (Lipinski definition) is 5. The number of benzene rings is 1. The highest BCUT2D eigenvalue weighted by Crippen LogP contribution is 2.24. The first kappa shape index (κ1) is 20.7. The molecule has 1 aromatic heterocycles. The van der Waals surface area contributed by atoms with Gasteiger partial charge in [-0.15, -0.1) is 0 Å². The van der Waals surface area contributed by atoms with Crippen LogP contribution in [0.2, 0.25) is 5.02 Å². The summed E-state index contributed by atoms with van der Waals surface area (Å²) in [6.45, 7) is 4.04. The van der Waals surface area contributed by atoms with Crippen molar-refractivity contribution in [1.29, 1.82) is 0 Å². The molecule has 1 aromatic carbocycles. The molecule has 3 rings (SSSR count). The Balaban J connectivity index is 1.59. The summed E-state index contributed by atoms with van der Waals surface area (Å²) in [6.07, 6.45) is 0. The summed E-state index contributed by atoms with van der Waals surface area (Å²) in [6, 6.07) is 5.80. The number of thiophene rings is 1. The van der Waals surface area contributed by atoms with Crippen LogP contribution in [0.15, 0.2) is 35.0 Å². The number of hydrogen-bond donors (Lipinski definition) is 2. The third-order valence-corrected chi connectivity index (χ3v) is 5.74. The summed E-state index contributed by atoms with van der Waals surface area (Å²) >= 11 is 7.30. The van der Waals surface area contributed by atoms with E-state index in [1.54, 1.807) is 11.3 Å². The molecule has 0 radical (unpaired) electrons. The van der Waals surface area contributed by atoms with Gasteiger partial charge in [-0.1, -0.05) is 11.6 Å². The highest BCUT2D eigenvalue weighted by Gasteiger charge is 2.25. The Morgan fingerprint density at radius 2 is 1.96 bits per heavy atom. The smallest absolute Gasteiger partial charge is 0.313 e. The number of carbonyl (C=O) groups excluding carboxylic acids is 2. The van der Waals surface area contributed by atoms with Gasteiger partial charge in [-0.3, -0.25) is 14.5 Å². The quantitative estimate of drug-likeness (QED) is 0.724. The summed E-state index contributed by atoms with van der Waals surface area (Å²) < 4.78 is 13.2. The lowest BCUT2D eigenvalue weighted by Crippen LogP contribution is -2.49. The van der Waals surface area contributed by atoms with Crippen molar-refractivity contribution < 1.29 is 14.0 Å². The Bertz CT molecular complexity index is 825. The Hall–Kier alpha value is -2.00.